The lowest BCUT2D eigenvalue weighted by atomic mass is 10.2. The summed E-state index contributed by atoms with van der Waals surface area (Å²) in [5.74, 6) is -0.339. The maximum atomic E-state index is 12.1. The van der Waals surface area contributed by atoms with Crippen LogP contribution in [0.1, 0.15) is 10.4 Å². The van der Waals surface area contributed by atoms with Crippen LogP contribution in [-0.2, 0) is 0 Å². The largest absolute Gasteiger partial charge is 0.296 e. The molecule has 120 valence electrons. The SMILES string of the molecule is O=C(Nc1nnc(-c2cccc([N+](=O)[O-])c2)s1)c1ccc(Cl)cc1. The topological polar surface area (TPSA) is 98.0 Å². The fourth-order valence-electron chi connectivity index (χ4n) is 1.91. The normalized spacial score (nSPS) is 10.4. The van der Waals surface area contributed by atoms with Crippen molar-refractivity contribution >= 4 is 39.7 Å². The number of anilines is 1. The molecule has 2 aromatic carbocycles. The molecule has 1 N–H and O–H groups in total. The second kappa shape index (κ2) is 6.73. The van der Waals surface area contributed by atoms with Gasteiger partial charge in [-0.25, -0.2) is 0 Å². The molecule has 0 fully saturated rings. The molecule has 0 unspecified atom stereocenters. The van der Waals surface area contributed by atoms with Gasteiger partial charge in [0.05, 0.1) is 4.92 Å². The average molecular weight is 361 g/mol. The molecule has 0 saturated carbocycles. The Morgan fingerprint density at radius 1 is 1.17 bits per heavy atom. The van der Waals surface area contributed by atoms with E-state index in [1.807, 2.05) is 0 Å². The van der Waals surface area contributed by atoms with Crippen molar-refractivity contribution in [2.24, 2.45) is 0 Å². The molecule has 0 bridgehead atoms. The van der Waals surface area contributed by atoms with E-state index in [1.54, 1.807) is 36.4 Å². The summed E-state index contributed by atoms with van der Waals surface area (Å²) in [7, 11) is 0. The van der Waals surface area contributed by atoms with E-state index in [0.29, 0.717) is 26.3 Å². The Bertz CT molecular complexity index is 911. The minimum atomic E-state index is -0.478. The van der Waals surface area contributed by atoms with Crippen LogP contribution in [0, 0.1) is 10.1 Å². The van der Waals surface area contributed by atoms with Gasteiger partial charge in [-0.05, 0) is 24.3 Å². The first kappa shape index (κ1) is 16.0. The molecule has 0 spiro atoms. The van der Waals surface area contributed by atoms with E-state index in [4.69, 9.17) is 11.6 Å². The Labute approximate surface area is 145 Å². The van der Waals surface area contributed by atoms with Gasteiger partial charge in [0.1, 0.15) is 5.01 Å². The second-order valence-corrected chi connectivity index (χ2v) is 6.09. The van der Waals surface area contributed by atoms with Crippen molar-refractivity contribution in [1.82, 2.24) is 10.2 Å². The molecular weight excluding hydrogens is 352 g/mol. The third-order valence-corrected chi connectivity index (χ3v) is 4.20. The highest BCUT2D eigenvalue weighted by Gasteiger charge is 2.13. The molecule has 24 heavy (non-hydrogen) atoms. The first-order valence-electron chi connectivity index (χ1n) is 6.68. The van der Waals surface area contributed by atoms with Gasteiger partial charge in [-0.1, -0.05) is 35.1 Å². The molecule has 3 aromatic rings. The molecule has 0 saturated heterocycles. The standard InChI is InChI=1S/C15H9ClN4O3S/c16-11-6-4-9(5-7-11)13(21)17-15-19-18-14(24-15)10-2-1-3-12(8-10)20(22)23/h1-8H,(H,17,19,21). The van der Waals surface area contributed by atoms with Gasteiger partial charge in [-0.3, -0.25) is 20.2 Å². The van der Waals surface area contributed by atoms with Crippen LogP contribution in [-0.4, -0.2) is 21.0 Å². The second-order valence-electron chi connectivity index (χ2n) is 4.68. The van der Waals surface area contributed by atoms with E-state index >= 15 is 0 Å². The van der Waals surface area contributed by atoms with Gasteiger partial charge in [0.2, 0.25) is 5.13 Å². The van der Waals surface area contributed by atoms with Crippen LogP contribution in [0.25, 0.3) is 10.6 Å². The highest BCUT2D eigenvalue weighted by atomic mass is 35.5. The van der Waals surface area contributed by atoms with Gasteiger partial charge >= 0.3 is 0 Å². The van der Waals surface area contributed by atoms with E-state index < -0.39 is 4.92 Å². The van der Waals surface area contributed by atoms with Crippen LogP contribution < -0.4 is 5.32 Å². The summed E-state index contributed by atoms with van der Waals surface area (Å²) in [6.07, 6.45) is 0. The number of nitrogens with one attached hydrogen (secondary N) is 1. The Morgan fingerprint density at radius 2 is 1.92 bits per heavy atom. The average Bonchev–Trinajstić information content (AvgIpc) is 3.04. The van der Waals surface area contributed by atoms with Gasteiger partial charge in [-0.15, -0.1) is 10.2 Å². The number of rotatable bonds is 4. The fourth-order valence-corrected chi connectivity index (χ4v) is 2.77. The number of amides is 1. The van der Waals surface area contributed by atoms with Crippen LogP contribution in [0.5, 0.6) is 0 Å². The summed E-state index contributed by atoms with van der Waals surface area (Å²) in [4.78, 5) is 22.5. The van der Waals surface area contributed by atoms with Crippen LogP contribution in [0.3, 0.4) is 0 Å². The smallest absolute Gasteiger partial charge is 0.270 e. The van der Waals surface area contributed by atoms with Crippen molar-refractivity contribution in [3.05, 3.63) is 69.2 Å². The Morgan fingerprint density at radius 3 is 2.62 bits per heavy atom. The quantitative estimate of drug-likeness (QED) is 0.559. The van der Waals surface area contributed by atoms with Gasteiger partial charge in [0.15, 0.2) is 0 Å². The third-order valence-electron chi connectivity index (χ3n) is 3.06. The number of carbonyl (C=O) groups is 1. The monoisotopic (exact) mass is 360 g/mol. The van der Waals surface area contributed by atoms with E-state index in [0.717, 1.165) is 11.3 Å². The molecule has 1 heterocycles. The number of nitro benzene ring substituents is 1. The molecule has 1 aromatic heterocycles. The van der Waals surface area contributed by atoms with Crippen LogP contribution in [0.2, 0.25) is 5.02 Å². The van der Waals surface area contributed by atoms with Gasteiger partial charge in [0.25, 0.3) is 11.6 Å². The molecule has 0 aliphatic rings. The highest BCUT2D eigenvalue weighted by molar-refractivity contribution is 7.18. The van der Waals surface area contributed by atoms with E-state index in [1.165, 1.54) is 12.1 Å². The zero-order valence-corrected chi connectivity index (χ0v) is 13.5. The summed E-state index contributed by atoms with van der Waals surface area (Å²) in [6.45, 7) is 0. The highest BCUT2D eigenvalue weighted by Crippen LogP contribution is 2.29. The van der Waals surface area contributed by atoms with Gasteiger partial charge < -0.3 is 0 Å². The van der Waals surface area contributed by atoms with Crippen molar-refractivity contribution in [2.45, 2.75) is 0 Å². The molecule has 0 radical (unpaired) electrons. The molecule has 1 amide bonds. The van der Waals surface area contributed by atoms with Crippen molar-refractivity contribution in [3.8, 4) is 10.6 Å². The van der Waals surface area contributed by atoms with E-state index in [-0.39, 0.29) is 11.6 Å². The van der Waals surface area contributed by atoms with Crippen molar-refractivity contribution in [3.63, 3.8) is 0 Å². The Balaban J connectivity index is 1.78. The minimum Gasteiger partial charge on any atom is -0.296 e. The fraction of sp³-hybridized carbons (Fsp3) is 0. The molecular formula is C15H9ClN4O3S. The number of hydrogen-bond donors (Lipinski definition) is 1. The number of halogens is 1. The Hall–Kier alpha value is -2.84. The number of aromatic nitrogens is 2. The zero-order valence-electron chi connectivity index (χ0n) is 12.0. The van der Waals surface area contributed by atoms with Crippen LogP contribution in [0.4, 0.5) is 10.8 Å². The third kappa shape index (κ3) is 3.55. The summed E-state index contributed by atoms with van der Waals surface area (Å²) < 4.78 is 0. The number of carbonyl (C=O) groups excluding carboxylic acids is 1. The van der Waals surface area contributed by atoms with Crippen molar-refractivity contribution in [2.75, 3.05) is 5.32 Å². The van der Waals surface area contributed by atoms with Crippen LogP contribution >= 0.6 is 22.9 Å². The minimum absolute atomic E-state index is 0.0329. The molecule has 0 atom stereocenters. The maximum Gasteiger partial charge on any atom is 0.270 e. The maximum absolute atomic E-state index is 12.1. The van der Waals surface area contributed by atoms with Crippen LogP contribution in [0.15, 0.2) is 48.5 Å². The molecule has 0 aliphatic carbocycles. The Kier molecular flexibility index (Phi) is 4.50. The number of hydrogen-bond acceptors (Lipinski definition) is 6. The predicted octanol–water partition coefficient (Wildman–Crippen LogP) is 4.02. The molecule has 7 nitrogen and oxygen atoms in total. The summed E-state index contributed by atoms with van der Waals surface area (Å²) >= 11 is 6.91. The lowest BCUT2D eigenvalue weighted by molar-refractivity contribution is -0.384. The number of non-ortho nitro benzene ring substituents is 1. The lowest BCUT2D eigenvalue weighted by Crippen LogP contribution is -2.11. The predicted molar refractivity (Wildman–Crippen MR) is 91.4 cm³/mol. The lowest BCUT2D eigenvalue weighted by Gasteiger charge is -2.00. The summed E-state index contributed by atoms with van der Waals surface area (Å²) in [6, 6.07) is 12.5. The number of nitro groups is 1. The molecule has 9 heteroatoms. The zero-order chi connectivity index (χ0) is 17.1. The summed E-state index contributed by atoms with van der Waals surface area (Å²) in [5, 5.41) is 22.6. The van der Waals surface area contributed by atoms with Crippen molar-refractivity contribution in [1.29, 1.82) is 0 Å². The first-order valence-corrected chi connectivity index (χ1v) is 7.87. The van der Waals surface area contributed by atoms with Gasteiger partial charge in [-0.2, -0.15) is 0 Å². The van der Waals surface area contributed by atoms with Gasteiger partial charge in [0, 0.05) is 28.3 Å². The molecule has 0 aliphatic heterocycles. The summed E-state index contributed by atoms with van der Waals surface area (Å²) in [5.41, 5.74) is 0.967. The van der Waals surface area contributed by atoms with Crippen molar-refractivity contribution < 1.29 is 9.72 Å². The van der Waals surface area contributed by atoms with E-state index in [2.05, 4.69) is 15.5 Å². The first-order chi connectivity index (χ1) is 11.5. The number of benzene rings is 2. The molecule has 3 rings (SSSR count). The number of nitrogens with zero attached hydrogens (tertiary/aromatic N) is 3. The van der Waals surface area contributed by atoms with E-state index in [9.17, 15) is 14.9 Å².